The molecule has 2 amide bonds. The van der Waals surface area contributed by atoms with Gasteiger partial charge in [0.05, 0.1) is 10.6 Å². The van der Waals surface area contributed by atoms with Gasteiger partial charge >= 0.3 is 6.18 Å². The zero-order chi connectivity index (χ0) is 23.5. The van der Waals surface area contributed by atoms with Crippen LogP contribution in [0.15, 0.2) is 60.8 Å². The van der Waals surface area contributed by atoms with Gasteiger partial charge in [-0.1, -0.05) is 23.7 Å². The quantitative estimate of drug-likeness (QED) is 0.509. The van der Waals surface area contributed by atoms with Crippen molar-refractivity contribution >= 4 is 34.9 Å². The van der Waals surface area contributed by atoms with Gasteiger partial charge in [-0.2, -0.15) is 13.2 Å². The van der Waals surface area contributed by atoms with Gasteiger partial charge in [-0.25, -0.2) is 4.98 Å². The van der Waals surface area contributed by atoms with E-state index in [0.717, 1.165) is 23.3 Å². The van der Waals surface area contributed by atoms with Crippen LogP contribution in [0.2, 0.25) is 5.02 Å². The first-order valence-corrected chi connectivity index (χ1v) is 9.73. The van der Waals surface area contributed by atoms with E-state index in [1.54, 1.807) is 42.6 Å². The number of hydrogen-bond acceptors (Lipinski definition) is 4. The summed E-state index contributed by atoms with van der Waals surface area (Å²) in [4.78, 5) is 29.0. The fourth-order valence-corrected chi connectivity index (χ4v) is 3.06. The third kappa shape index (κ3) is 5.55. The SMILES string of the molecule is C[C@H](NC(=O)c1cccc(-c2ccc(N)nc2)c1)C(=O)Nc1ccc(Cl)c(C(F)(F)F)c1. The average molecular weight is 463 g/mol. The van der Waals surface area contributed by atoms with Crippen LogP contribution < -0.4 is 16.4 Å². The number of alkyl halides is 3. The molecule has 0 spiro atoms. The first kappa shape index (κ1) is 23.1. The predicted octanol–water partition coefficient (Wildman–Crippen LogP) is 4.76. The number of pyridine rings is 1. The molecule has 0 aliphatic heterocycles. The Hall–Kier alpha value is -3.59. The van der Waals surface area contributed by atoms with Crippen LogP contribution in [0.4, 0.5) is 24.7 Å². The lowest BCUT2D eigenvalue weighted by molar-refractivity contribution is -0.137. The zero-order valence-electron chi connectivity index (χ0n) is 16.7. The molecular formula is C22H18ClF3N4O2. The number of benzene rings is 2. The Balaban J connectivity index is 1.69. The standard InChI is InChI=1S/C22H18ClF3N4O2/c1-12(20(31)30-16-6-7-18(23)17(10-16)22(24,25)26)29-21(32)14-4-2-3-13(9-14)15-5-8-19(27)28-11-15/h2-12H,1H3,(H2,27,28)(H,29,32)(H,30,31)/t12-/m0/s1. The predicted molar refractivity (Wildman–Crippen MR) is 116 cm³/mol. The summed E-state index contributed by atoms with van der Waals surface area (Å²) in [6.45, 7) is 1.42. The summed E-state index contributed by atoms with van der Waals surface area (Å²) in [5.41, 5.74) is 6.20. The number of nitrogens with zero attached hydrogens (tertiary/aromatic N) is 1. The van der Waals surface area contributed by atoms with E-state index in [0.29, 0.717) is 11.4 Å². The van der Waals surface area contributed by atoms with Crippen LogP contribution in [0.1, 0.15) is 22.8 Å². The molecule has 0 bridgehead atoms. The molecule has 32 heavy (non-hydrogen) atoms. The molecule has 4 N–H and O–H groups in total. The highest BCUT2D eigenvalue weighted by Gasteiger charge is 2.33. The van der Waals surface area contributed by atoms with Crippen molar-refractivity contribution in [2.45, 2.75) is 19.1 Å². The second-order valence-electron chi connectivity index (χ2n) is 6.93. The number of halogens is 4. The smallest absolute Gasteiger partial charge is 0.384 e. The topological polar surface area (TPSA) is 97.1 Å². The Morgan fingerprint density at radius 1 is 1.06 bits per heavy atom. The molecule has 166 valence electrons. The van der Waals surface area contributed by atoms with Crippen LogP contribution in [0.25, 0.3) is 11.1 Å². The van der Waals surface area contributed by atoms with E-state index < -0.39 is 34.6 Å². The van der Waals surface area contributed by atoms with Gasteiger partial charge in [-0.3, -0.25) is 9.59 Å². The van der Waals surface area contributed by atoms with E-state index in [1.165, 1.54) is 13.0 Å². The molecule has 2 aromatic carbocycles. The van der Waals surface area contributed by atoms with E-state index in [4.69, 9.17) is 17.3 Å². The number of nitrogen functional groups attached to an aromatic ring is 1. The Labute approximate surface area is 186 Å². The minimum absolute atomic E-state index is 0.0920. The number of rotatable bonds is 5. The molecule has 3 aromatic rings. The number of anilines is 2. The molecule has 3 rings (SSSR count). The van der Waals surface area contributed by atoms with Crippen molar-refractivity contribution in [2.24, 2.45) is 0 Å². The van der Waals surface area contributed by atoms with Crippen molar-refractivity contribution in [3.8, 4) is 11.1 Å². The van der Waals surface area contributed by atoms with Crippen LogP contribution >= 0.6 is 11.6 Å². The molecule has 0 fully saturated rings. The summed E-state index contributed by atoms with van der Waals surface area (Å²) >= 11 is 5.58. The van der Waals surface area contributed by atoms with E-state index in [-0.39, 0.29) is 5.69 Å². The molecule has 0 unspecified atom stereocenters. The number of carbonyl (C=O) groups excluding carboxylic acids is 2. The van der Waals surface area contributed by atoms with Crippen LogP contribution in [-0.4, -0.2) is 22.8 Å². The maximum absolute atomic E-state index is 13.0. The summed E-state index contributed by atoms with van der Waals surface area (Å²) in [7, 11) is 0. The molecule has 10 heteroatoms. The number of carbonyl (C=O) groups is 2. The van der Waals surface area contributed by atoms with Gasteiger partial charge in [0.1, 0.15) is 11.9 Å². The summed E-state index contributed by atoms with van der Waals surface area (Å²) in [5, 5.41) is 4.39. The molecule has 1 heterocycles. The minimum Gasteiger partial charge on any atom is -0.384 e. The van der Waals surface area contributed by atoms with Gasteiger partial charge in [0.15, 0.2) is 0 Å². The van der Waals surface area contributed by atoms with Crippen molar-refractivity contribution in [1.82, 2.24) is 10.3 Å². The van der Waals surface area contributed by atoms with E-state index in [2.05, 4.69) is 15.6 Å². The highest BCUT2D eigenvalue weighted by Crippen LogP contribution is 2.36. The molecule has 0 radical (unpaired) electrons. The van der Waals surface area contributed by atoms with E-state index in [1.807, 2.05) is 0 Å². The van der Waals surface area contributed by atoms with E-state index in [9.17, 15) is 22.8 Å². The lowest BCUT2D eigenvalue weighted by Gasteiger charge is -2.16. The average Bonchev–Trinajstić information content (AvgIpc) is 2.74. The van der Waals surface area contributed by atoms with Crippen LogP contribution in [0.5, 0.6) is 0 Å². The fourth-order valence-electron chi connectivity index (χ4n) is 2.83. The van der Waals surface area contributed by atoms with Gasteiger partial charge in [0.25, 0.3) is 5.91 Å². The zero-order valence-corrected chi connectivity index (χ0v) is 17.5. The molecule has 0 saturated heterocycles. The van der Waals surface area contributed by atoms with Gasteiger partial charge < -0.3 is 16.4 Å². The third-order valence-electron chi connectivity index (χ3n) is 4.52. The number of hydrogen-bond donors (Lipinski definition) is 3. The first-order valence-electron chi connectivity index (χ1n) is 9.35. The summed E-state index contributed by atoms with van der Waals surface area (Å²) in [6.07, 6.45) is -3.09. The van der Waals surface area contributed by atoms with Gasteiger partial charge in [-0.15, -0.1) is 0 Å². The molecule has 0 saturated carbocycles. The molecule has 6 nitrogen and oxygen atoms in total. The van der Waals surface area contributed by atoms with Gasteiger partial charge in [0.2, 0.25) is 5.91 Å². The van der Waals surface area contributed by atoms with Crippen molar-refractivity contribution in [1.29, 1.82) is 0 Å². The number of nitrogens with one attached hydrogen (secondary N) is 2. The maximum Gasteiger partial charge on any atom is 0.417 e. The summed E-state index contributed by atoms with van der Waals surface area (Å²) in [6, 6.07) is 12.1. The molecule has 1 aromatic heterocycles. The number of aromatic nitrogens is 1. The Kier molecular flexibility index (Phi) is 6.69. The second kappa shape index (κ2) is 9.27. The van der Waals surface area contributed by atoms with Crippen molar-refractivity contribution in [3.63, 3.8) is 0 Å². The largest absolute Gasteiger partial charge is 0.417 e. The highest BCUT2D eigenvalue weighted by molar-refractivity contribution is 6.31. The van der Waals surface area contributed by atoms with Crippen LogP contribution in [-0.2, 0) is 11.0 Å². The molecule has 1 atom stereocenters. The normalized spacial score (nSPS) is 12.2. The van der Waals surface area contributed by atoms with Crippen molar-refractivity contribution in [2.75, 3.05) is 11.1 Å². The maximum atomic E-state index is 13.0. The molecule has 0 aliphatic rings. The van der Waals surface area contributed by atoms with Crippen LogP contribution in [0.3, 0.4) is 0 Å². The van der Waals surface area contributed by atoms with Crippen LogP contribution in [0, 0.1) is 0 Å². The molecular weight excluding hydrogens is 445 g/mol. The van der Waals surface area contributed by atoms with Gasteiger partial charge in [-0.05, 0) is 55.0 Å². The minimum atomic E-state index is -4.66. The lowest BCUT2D eigenvalue weighted by Crippen LogP contribution is -2.41. The Morgan fingerprint density at radius 2 is 1.81 bits per heavy atom. The number of amides is 2. The van der Waals surface area contributed by atoms with Crippen molar-refractivity contribution in [3.05, 3.63) is 76.9 Å². The highest BCUT2D eigenvalue weighted by atomic mass is 35.5. The Morgan fingerprint density at radius 3 is 2.47 bits per heavy atom. The monoisotopic (exact) mass is 462 g/mol. The van der Waals surface area contributed by atoms with E-state index >= 15 is 0 Å². The van der Waals surface area contributed by atoms with Crippen molar-refractivity contribution < 1.29 is 22.8 Å². The summed E-state index contributed by atoms with van der Waals surface area (Å²) < 4.78 is 39.0. The number of nitrogens with two attached hydrogens (primary N) is 1. The Bertz CT molecular complexity index is 1150. The fraction of sp³-hybridized carbons (Fsp3) is 0.136. The third-order valence-corrected chi connectivity index (χ3v) is 4.85. The first-order chi connectivity index (χ1) is 15.0. The molecule has 0 aliphatic carbocycles. The lowest BCUT2D eigenvalue weighted by atomic mass is 10.0. The van der Waals surface area contributed by atoms with Gasteiger partial charge in [0, 0.05) is 23.0 Å². The second-order valence-corrected chi connectivity index (χ2v) is 7.34. The summed E-state index contributed by atoms with van der Waals surface area (Å²) in [5.74, 6) is -0.844.